The molecule has 1 fully saturated rings. The van der Waals surface area contributed by atoms with E-state index in [9.17, 15) is 0 Å². The zero-order valence-electron chi connectivity index (χ0n) is 5.98. The molecule has 1 aliphatic rings. The van der Waals surface area contributed by atoms with Crippen molar-refractivity contribution in [1.82, 2.24) is 0 Å². The van der Waals surface area contributed by atoms with Crippen LogP contribution >= 0.6 is 34.8 Å². The quantitative estimate of drug-likeness (QED) is 0.522. The fourth-order valence-electron chi connectivity index (χ4n) is 1.01. The van der Waals surface area contributed by atoms with Crippen LogP contribution in [0.25, 0.3) is 0 Å². The molecule has 1 aromatic rings. The molecule has 0 saturated carbocycles. The van der Waals surface area contributed by atoms with E-state index in [1.165, 1.54) is 0 Å². The fourth-order valence-corrected chi connectivity index (χ4v) is 1.69. The van der Waals surface area contributed by atoms with Crippen molar-refractivity contribution in [3.05, 3.63) is 32.8 Å². The molecular formula is C8H5Cl3O. The van der Waals surface area contributed by atoms with Crippen molar-refractivity contribution >= 4 is 34.8 Å². The lowest BCUT2D eigenvalue weighted by Gasteiger charge is -2.02. The van der Waals surface area contributed by atoms with Gasteiger partial charge in [0, 0.05) is 10.6 Å². The van der Waals surface area contributed by atoms with Gasteiger partial charge in [-0.25, -0.2) is 0 Å². The number of ether oxygens (including phenoxy) is 1. The van der Waals surface area contributed by atoms with E-state index in [0.29, 0.717) is 15.1 Å². The van der Waals surface area contributed by atoms with E-state index >= 15 is 0 Å². The Morgan fingerprint density at radius 3 is 2.25 bits per heavy atom. The van der Waals surface area contributed by atoms with Crippen LogP contribution in [0, 0.1) is 0 Å². The number of epoxide rings is 1. The van der Waals surface area contributed by atoms with Crippen LogP contribution in [0.15, 0.2) is 12.1 Å². The van der Waals surface area contributed by atoms with E-state index in [2.05, 4.69) is 0 Å². The molecule has 1 heterocycles. The Hall–Kier alpha value is 0.0500. The van der Waals surface area contributed by atoms with Crippen molar-refractivity contribution in [1.29, 1.82) is 0 Å². The monoisotopic (exact) mass is 222 g/mol. The summed E-state index contributed by atoms with van der Waals surface area (Å²) < 4.78 is 5.08. The zero-order valence-corrected chi connectivity index (χ0v) is 8.25. The average Bonchev–Trinajstić information content (AvgIpc) is 2.79. The van der Waals surface area contributed by atoms with Gasteiger partial charge in [-0.05, 0) is 12.1 Å². The summed E-state index contributed by atoms with van der Waals surface area (Å²) in [6, 6.07) is 3.40. The molecule has 1 unspecified atom stereocenters. The Kier molecular flexibility index (Phi) is 2.21. The summed E-state index contributed by atoms with van der Waals surface area (Å²) in [5.74, 6) is 0. The van der Waals surface area contributed by atoms with Crippen molar-refractivity contribution < 1.29 is 4.74 Å². The molecule has 1 aliphatic heterocycles. The zero-order chi connectivity index (χ0) is 8.72. The Morgan fingerprint density at radius 1 is 1.08 bits per heavy atom. The first-order chi connectivity index (χ1) is 5.68. The van der Waals surface area contributed by atoms with E-state index in [1.807, 2.05) is 0 Å². The third-order valence-corrected chi connectivity index (χ3v) is 2.77. The van der Waals surface area contributed by atoms with Gasteiger partial charge in [0.2, 0.25) is 0 Å². The van der Waals surface area contributed by atoms with Gasteiger partial charge >= 0.3 is 0 Å². The summed E-state index contributed by atoms with van der Waals surface area (Å²) in [6.45, 7) is 0.720. The first-order valence-corrected chi connectivity index (χ1v) is 4.58. The highest BCUT2D eigenvalue weighted by atomic mass is 35.5. The molecular weight excluding hydrogens is 218 g/mol. The largest absolute Gasteiger partial charge is 0.368 e. The molecule has 1 saturated heterocycles. The smallest absolute Gasteiger partial charge is 0.107 e. The second-order valence-electron chi connectivity index (χ2n) is 2.61. The number of hydrogen-bond acceptors (Lipinski definition) is 1. The number of halogens is 3. The second kappa shape index (κ2) is 3.08. The molecule has 0 aliphatic carbocycles. The van der Waals surface area contributed by atoms with Crippen molar-refractivity contribution in [3.63, 3.8) is 0 Å². The van der Waals surface area contributed by atoms with Crippen LogP contribution in [-0.2, 0) is 4.74 Å². The van der Waals surface area contributed by atoms with Crippen molar-refractivity contribution in [2.75, 3.05) is 6.61 Å². The van der Waals surface area contributed by atoms with Crippen LogP contribution in [0.1, 0.15) is 11.7 Å². The summed E-state index contributed by atoms with van der Waals surface area (Å²) in [6.07, 6.45) is 0.118. The van der Waals surface area contributed by atoms with Gasteiger partial charge in [-0.2, -0.15) is 0 Å². The molecule has 0 aromatic heterocycles. The van der Waals surface area contributed by atoms with Crippen LogP contribution in [0.5, 0.6) is 0 Å². The summed E-state index contributed by atoms with van der Waals surface area (Å²) in [7, 11) is 0. The summed E-state index contributed by atoms with van der Waals surface area (Å²) >= 11 is 17.5. The lowest BCUT2D eigenvalue weighted by Crippen LogP contribution is -1.83. The number of benzene rings is 1. The van der Waals surface area contributed by atoms with E-state index in [-0.39, 0.29) is 6.10 Å². The lowest BCUT2D eigenvalue weighted by molar-refractivity contribution is 0.416. The highest BCUT2D eigenvalue weighted by Gasteiger charge is 2.27. The molecule has 2 rings (SSSR count). The van der Waals surface area contributed by atoms with Gasteiger partial charge in [0.15, 0.2) is 0 Å². The van der Waals surface area contributed by atoms with Gasteiger partial charge in [0.25, 0.3) is 0 Å². The normalized spacial score (nSPS) is 21.1. The molecule has 0 amide bonds. The van der Waals surface area contributed by atoms with Crippen LogP contribution in [0.3, 0.4) is 0 Å². The third kappa shape index (κ3) is 1.55. The third-order valence-electron chi connectivity index (χ3n) is 1.72. The Bertz CT molecular complexity index is 320. The molecule has 1 nitrogen and oxygen atoms in total. The Morgan fingerprint density at radius 2 is 1.67 bits per heavy atom. The van der Waals surface area contributed by atoms with Gasteiger partial charge in [0.05, 0.1) is 16.7 Å². The summed E-state index contributed by atoms with van der Waals surface area (Å²) in [4.78, 5) is 0. The van der Waals surface area contributed by atoms with E-state index in [4.69, 9.17) is 39.5 Å². The molecule has 0 N–H and O–H groups in total. The molecule has 0 bridgehead atoms. The van der Waals surface area contributed by atoms with E-state index in [1.54, 1.807) is 12.1 Å². The van der Waals surface area contributed by atoms with Gasteiger partial charge in [-0.3, -0.25) is 0 Å². The van der Waals surface area contributed by atoms with Crippen LogP contribution in [0.2, 0.25) is 15.1 Å². The highest BCUT2D eigenvalue weighted by Crippen LogP contribution is 2.38. The van der Waals surface area contributed by atoms with E-state index < -0.39 is 0 Å². The summed E-state index contributed by atoms with van der Waals surface area (Å²) in [5.41, 5.74) is 0.922. The minimum atomic E-state index is 0.118. The maximum atomic E-state index is 5.91. The molecule has 64 valence electrons. The molecule has 1 atom stereocenters. The first-order valence-electron chi connectivity index (χ1n) is 3.44. The average molecular weight is 223 g/mol. The maximum Gasteiger partial charge on any atom is 0.107 e. The molecule has 1 aromatic carbocycles. The lowest BCUT2D eigenvalue weighted by atomic mass is 10.2. The molecule has 4 heteroatoms. The maximum absolute atomic E-state index is 5.91. The van der Waals surface area contributed by atoms with Crippen LogP contribution < -0.4 is 0 Å². The topological polar surface area (TPSA) is 12.5 Å². The Balaban J connectivity index is 2.47. The van der Waals surface area contributed by atoms with Gasteiger partial charge < -0.3 is 4.74 Å². The van der Waals surface area contributed by atoms with Gasteiger partial charge in [-0.15, -0.1) is 0 Å². The minimum Gasteiger partial charge on any atom is -0.368 e. The summed E-state index contributed by atoms with van der Waals surface area (Å²) in [5, 5.41) is 1.62. The van der Waals surface area contributed by atoms with Gasteiger partial charge in [0.1, 0.15) is 6.10 Å². The number of rotatable bonds is 1. The van der Waals surface area contributed by atoms with Crippen LogP contribution in [0.4, 0.5) is 0 Å². The Labute approximate surface area is 85.2 Å². The predicted octanol–water partition coefficient (Wildman–Crippen LogP) is 3.72. The predicted molar refractivity (Wildman–Crippen MR) is 50.2 cm³/mol. The molecule has 0 spiro atoms. The molecule has 12 heavy (non-hydrogen) atoms. The first kappa shape index (κ1) is 8.64. The molecule has 0 radical (unpaired) electrons. The SMILES string of the molecule is Clc1cc(Cl)c(C2CO2)cc1Cl. The van der Waals surface area contributed by atoms with Crippen molar-refractivity contribution in [2.24, 2.45) is 0 Å². The van der Waals surface area contributed by atoms with Crippen molar-refractivity contribution in [2.45, 2.75) is 6.10 Å². The standard InChI is InChI=1S/C8H5Cl3O/c9-5-2-7(11)6(10)1-4(5)8-3-12-8/h1-2,8H,3H2. The second-order valence-corrected chi connectivity index (χ2v) is 3.83. The van der Waals surface area contributed by atoms with E-state index in [0.717, 1.165) is 12.2 Å². The minimum absolute atomic E-state index is 0.118. The van der Waals surface area contributed by atoms with Gasteiger partial charge in [-0.1, -0.05) is 34.8 Å². The fraction of sp³-hybridized carbons (Fsp3) is 0.250. The van der Waals surface area contributed by atoms with Crippen LogP contribution in [-0.4, -0.2) is 6.61 Å². The highest BCUT2D eigenvalue weighted by molar-refractivity contribution is 6.43. The van der Waals surface area contributed by atoms with Crippen molar-refractivity contribution in [3.8, 4) is 0 Å². The number of hydrogen-bond donors (Lipinski definition) is 0.